The molecule has 0 aromatic heterocycles. The lowest BCUT2D eigenvalue weighted by atomic mass is 10.0. The molecule has 0 fully saturated rings. The van der Waals surface area contributed by atoms with Crippen LogP contribution in [0.2, 0.25) is 0 Å². The van der Waals surface area contributed by atoms with Gasteiger partial charge in [0.15, 0.2) is 17.3 Å². The number of benzene rings is 2. The summed E-state index contributed by atoms with van der Waals surface area (Å²) >= 11 is 0. The summed E-state index contributed by atoms with van der Waals surface area (Å²) in [5.74, 6) is -5.54. The molecule has 28 heavy (non-hydrogen) atoms. The van der Waals surface area contributed by atoms with Gasteiger partial charge in [-0.1, -0.05) is 18.2 Å². The minimum Gasteiger partial charge on any atom is -0.486 e. The van der Waals surface area contributed by atoms with Gasteiger partial charge in [-0.3, -0.25) is 9.69 Å². The molecule has 0 aliphatic heterocycles. The summed E-state index contributed by atoms with van der Waals surface area (Å²) in [6, 6.07) is 3.60. The molecule has 2 aromatic rings. The van der Waals surface area contributed by atoms with Gasteiger partial charge in [-0.15, -0.1) is 6.58 Å². The maximum absolute atomic E-state index is 14.2. The summed E-state index contributed by atoms with van der Waals surface area (Å²) in [4.78, 5) is 14.2. The van der Waals surface area contributed by atoms with Gasteiger partial charge in [-0.2, -0.15) is 0 Å². The molecule has 0 bridgehead atoms. The number of hydrogen-bond donors (Lipinski definition) is 0. The molecule has 2 aromatic carbocycles. The van der Waals surface area contributed by atoms with Crippen molar-refractivity contribution >= 4 is 5.78 Å². The van der Waals surface area contributed by atoms with E-state index in [1.807, 2.05) is 11.9 Å². The van der Waals surface area contributed by atoms with E-state index in [0.29, 0.717) is 25.2 Å². The van der Waals surface area contributed by atoms with E-state index in [9.17, 15) is 22.4 Å². The predicted octanol–water partition coefficient (Wildman–Crippen LogP) is 4.53. The van der Waals surface area contributed by atoms with Crippen molar-refractivity contribution in [3.05, 3.63) is 89.5 Å². The van der Waals surface area contributed by atoms with E-state index in [1.165, 1.54) is 0 Å². The number of ketones is 1. The van der Waals surface area contributed by atoms with E-state index in [1.54, 1.807) is 18.2 Å². The van der Waals surface area contributed by atoms with Gasteiger partial charge in [-0.05, 0) is 25.2 Å². The van der Waals surface area contributed by atoms with Crippen molar-refractivity contribution in [1.29, 1.82) is 0 Å². The molecule has 2 rings (SSSR count). The Morgan fingerprint density at radius 3 is 2.39 bits per heavy atom. The molecular weight excluding hydrogens is 374 g/mol. The Hall–Kier alpha value is -2.93. The Kier molecular flexibility index (Phi) is 7.52. The van der Waals surface area contributed by atoms with E-state index in [2.05, 4.69) is 6.58 Å². The highest BCUT2D eigenvalue weighted by atomic mass is 19.1. The fourth-order valence-corrected chi connectivity index (χ4v) is 2.39. The van der Waals surface area contributed by atoms with Crippen LogP contribution >= 0.6 is 0 Å². The number of nitrogens with zero attached hydrogens (tertiary/aromatic N) is 1. The van der Waals surface area contributed by atoms with E-state index >= 15 is 0 Å². The molecule has 0 N–H and O–H groups in total. The van der Waals surface area contributed by atoms with Crippen LogP contribution in [0.1, 0.15) is 15.9 Å². The van der Waals surface area contributed by atoms with Gasteiger partial charge in [-0.25, -0.2) is 17.6 Å². The Morgan fingerprint density at radius 2 is 1.71 bits per heavy atom. The average Bonchev–Trinajstić information content (AvgIpc) is 2.63. The first kappa shape index (κ1) is 21.4. The SMILES string of the molecule is C=CCN(C)C/C=C/COc1cc(F)c(C(=O)c2ccc(F)cc2F)cc1F. The minimum absolute atomic E-state index is 0.00181. The quantitative estimate of drug-likeness (QED) is 0.356. The molecule has 0 heterocycles. The summed E-state index contributed by atoms with van der Waals surface area (Å²) < 4.78 is 60.3. The summed E-state index contributed by atoms with van der Waals surface area (Å²) in [7, 11) is 1.89. The van der Waals surface area contributed by atoms with Crippen LogP contribution in [0.3, 0.4) is 0 Å². The Balaban J connectivity index is 2.09. The molecule has 0 aliphatic carbocycles. The number of likely N-dealkylation sites (N-methyl/N-ethyl adjacent to an activating group) is 1. The highest BCUT2D eigenvalue weighted by Crippen LogP contribution is 2.24. The Labute approximate surface area is 160 Å². The van der Waals surface area contributed by atoms with Gasteiger partial charge in [0.1, 0.15) is 24.1 Å². The van der Waals surface area contributed by atoms with Crippen LogP contribution in [0.4, 0.5) is 17.6 Å². The molecule has 0 aliphatic rings. The largest absolute Gasteiger partial charge is 0.486 e. The van der Waals surface area contributed by atoms with E-state index in [-0.39, 0.29) is 12.4 Å². The number of rotatable bonds is 9. The van der Waals surface area contributed by atoms with Crippen LogP contribution < -0.4 is 4.74 Å². The number of halogens is 4. The second kappa shape index (κ2) is 9.85. The second-order valence-corrected chi connectivity index (χ2v) is 6.01. The number of ether oxygens (including phenoxy) is 1. The predicted molar refractivity (Wildman–Crippen MR) is 98.5 cm³/mol. The third-order valence-electron chi connectivity index (χ3n) is 3.80. The molecule has 0 saturated carbocycles. The van der Waals surface area contributed by atoms with Gasteiger partial charge in [0.05, 0.1) is 11.1 Å². The maximum atomic E-state index is 14.2. The zero-order valence-corrected chi connectivity index (χ0v) is 15.2. The van der Waals surface area contributed by atoms with Crippen molar-refractivity contribution in [2.24, 2.45) is 0 Å². The van der Waals surface area contributed by atoms with Crippen LogP contribution in [0.5, 0.6) is 5.75 Å². The van der Waals surface area contributed by atoms with Crippen LogP contribution in [-0.4, -0.2) is 37.4 Å². The van der Waals surface area contributed by atoms with Crippen molar-refractivity contribution in [3.8, 4) is 5.75 Å². The highest BCUT2D eigenvalue weighted by Gasteiger charge is 2.21. The van der Waals surface area contributed by atoms with Crippen molar-refractivity contribution in [1.82, 2.24) is 4.90 Å². The number of carbonyl (C=O) groups is 1. The molecule has 0 atom stereocenters. The fraction of sp³-hybridized carbons (Fsp3) is 0.190. The van der Waals surface area contributed by atoms with E-state index in [4.69, 9.17) is 4.74 Å². The van der Waals surface area contributed by atoms with Crippen molar-refractivity contribution in [2.75, 3.05) is 26.7 Å². The molecule has 0 spiro atoms. The van der Waals surface area contributed by atoms with Gasteiger partial charge in [0, 0.05) is 25.2 Å². The molecule has 0 amide bonds. The first-order valence-electron chi connectivity index (χ1n) is 8.39. The molecule has 7 heteroatoms. The first-order valence-corrected chi connectivity index (χ1v) is 8.39. The average molecular weight is 393 g/mol. The number of carbonyl (C=O) groups excluding carboxylic acids is 1. The minimum atomic E-state index is -1.16. The normalized spacial score (nSPS) is 11.2. The summed E-state index contributed by atoms with van der Waals surface area (Å²) in [5.41, 5.74) is -1.23. The first-order chi connectivity index (χ1) is 13.3. The van der Waals surface area contributed by atoms with Crippen LogP contribution in [0.25, 0.3) is 0 Å². The third kappa shape index (κ3) is 5.53. The molecule has 0 saturated heterocycles. The molecule has 0 radical (unpaired) electrons. The third-order valence-corrected chi connectivity index (χ3v) is 3.80. The highest BCUT2D eigenvalue weighted by molar-refractivity contribution is 6.09. The molecule has 0 unspecified atom stereocenters. The lowest BCUT2D eigenvalue weighted by molar-refractivity contribution is 0.103. The van der Waals surface area contributed by atoms with Gasteiger partial charge in [0.25, 0.3) is 0 Å². The standard InChI is InChI=1S/C21H19F4NO2/c1-3-8-26(2)9-4-5-10-28-20-13-18(24)16(12-19(20)25)21(27)15-7-6-14(22)11-17(15)23/h3-7,11-13H,1,8-10H2,2H3/b5-4+. The van der Waals surface area contributed by atoms with E-state index < -0.39 is 40.2 Å². The second-order valence-electron chi connectivity index (χ2n) is 6.01. The van der Waals surface area contributed by atoms with Crippen molar-refractivity contribution < 1.29 is 27.1 Å². The van der Waals surface area contributed by atoms with Crippen LogP contribution in [0.15, 0.2) is 55.1 Å². The van der Waals surface area contributed by atoms with Crippen LogP contribution in [-0.2, 0) is 0 Å². The smallest absolute Gasteiger partial charge is 0.199 e. The van der Waals surface area contributed by atoms with Gasteiger partial charge in [0.2, 0.25) is 0 Å². The van der Waals surface area contributed by atoms with E-state index in [0.717, 1.165) is 18.2 Å². The van der Waals surface area contributed by atoms with Gasteiger partial charge < -0.3 is 4.74 Å². The summed E-state index contributed by atoms with van der Waals surface area (Å²) in [5, 5.41) is 0. The lowest BCUT2D eigenvalue weighted by Gasteiger charge is -2.11. The zero-order chi connectivity index (χ0) is 20.7. The summed E-state index contributed by atoms with van der Waals surface area (Å²) in [6.45, 7) is 4.95. The zero-order valence-electron chi connectivity index (χ0n) is 15.2. The fourth-order valence-electron chi connectivity index (χ4n) is 2.39. The molecular formula is C21H19F4NO2. The maximum Gasteiger partial charge on any atom is 0.199 e. The monoisotopic (exact) mass is 393 g/mol. The van der Waals surface area contributed by atoms with Crippen LogP contribution in [0, 0.1) is 23.3 Å². The molecule has 3 nitrogen and oxygen atoms in total. The van der Waals surface area contributed by atoms with Crippen molar-refractivity contribution in [3.63, 3.8) is 0 Å². The summed E-state index contributed by atoms with van der Waals surface area (Å²) in [6.07, 6.45) is 5.19. The lowest BCUT2D eigenvalue weighted by Crippen LogP contribution is -2.17. The topological polar surface area (TPSA) is 29.5 Å². The molecule has 148 valence electrons. The Morgan fingerprint density at radius 1 is 1.00 bits per heavy atom. The number of hydrogen-bond acceptors (Lipinski definition) is 3. The van der Waals surface area contributed by atoms with Crippen molar-refractivity contribution in [2.45, 2.75) is 0 Å². The van der Waals surface area contributed by atoms with Gasteiger partial charge >= 0.3 is 0 Å². The Bertz CT molecular complexity index is 896.